The predicted molar refractivity (Wildman–Crippen MR) is 135 cm³/mol. The van der Waals surface area contributed by atoms with E-state index in [1.165, 1.54) is 11.3 Å². The lowest BCUT2D eigenvalue weighted by molar-refractivity contribution is 0.243. The maximum Gasteiger partial charge on any atom is 0.321 e. The number of aryl methyl sites for hydroxylation is 1. The molecule has 4 rings (SSSR count). The van der Waals surface area contributed by atoms with Gasteiger partial charge in [0.05, 0.1) is 5.38 Å². The minimum Gasteiger partial charge on any atom is -0.369 e. The average molecular weight is 486 g/mol. The number of amides is 2. The van der Waals surface area contributed by atoms with Crippen LogP contribution >= 0.6 is 36.4 Å². The molecule has 31 heavy (non-hydrogen) atoms. The van der Waals surface area contributed by atoms with E-state index in [2.05, 4.69) is 58.4 Å². The number of halogens is 3. The Kier molecular flexibility index (Phi) is 9.76. The van der Waals surface area contributed by atoms with Crippen LogP contribution in [0.15, 0.2) is 48.5 Å². The van der Waals surface area contributed by atoms with Crippen LogP contribution in [0, 0.1) is 6.92 Å². The quantitative estimate of drug-likeness (QED) is 0.615. The number of hydrogen-bond donors (Lipinski definition) is 1. The summed E-state index contributed by atoms with van der Waals surface area (Å²) in [5.74, 6) is 0. The first-order chi connectivity index (χ1) is 14.1. The highest BCUT2D eigenvalue weighted by Crippen LogP contribution is 2.27. The Morgan fingerprint density at radius 3 is 2.29 bits per heavy atom. The number of urea groups is 1. The van der Waals surface area contributed by atoms with E-state index in [9.17, 15) is 4.79 Å². The van der Waals surface area contributed by atoms with E-state index in [1.807, 2.05) is 12.1 Å². The summed E-state index contributed by atoms with van der Waals surface area (Å²) in [6.07, 6.45) is 0.972. The van der Waals surface area contributed by atoms with Crippen molar-refractivity contribution in [3.63, 3.8) is 0 Å². The van der Waals surface area contributed by atoms with Crippen molar-refractivity contribution in [1.82, 2.24) is 10.2 Å². The van der Waals surface area contributed by atoms with Gasteiger partial charge in [-0.25, -0.2) is 4.79 Å². The van der Waals surface area contributed by atoms with Gasteiger partial charge in [-0.3, -0.25) is 9.80 Å². The molecule has 0 bridgehead atoms. The number of benzene rings is 2. The lowest BCUT2D eigenvalue weighted by Crippen LogP contribution is -2.47. The fourth-order valence-electron chi connectivity index (χ4n) is 4.16. The molecule has 0 aromatic heterocycles. The minimum absolute atomic E-state index is 0. The fourth-order valence-corrected chi connectivity index (χ4v) is 4.50. The van der Waals surface area contributed by atoms with E-state index in [-0.39, 0.29) is 36.2 Å². The molecule has 0 saturated carbocycles. The number of para-hydroxylation sites is 1. The standard InChI is InChI=1S/C23H29ClN4O.2ClH/c1-18-5-2-3-6-22(18)27-15-13-26(14-16-27)17-21(24)19-7-9-20(10-8-19)28-12-4-11-25-23(28)29;;/h2-3,5-10,21H,4,11-17H2,1H3,(H,25,29);2*1H. The van der Waals surface area contributed by atoms with Crippen LogP contribution in [0.1, 0.15) is 22.9 Å². The number of alkyl halides is 1. The molecule has 2 aliphatic rings. The number of carbonyl (C=O) groups excluding carboxylic acids is 1. The van der Waals surface area contributed by atoms with Gasteiger partial charge in [0.2, 0.25) is 0 Å². The first kappa shape index (κ1) is 25.6. The van der Waals surface area contributed by atoms with Gasteiger partial charge in [0, 0.05) is 57.2 Å². The molecule has 8 heteroatoms. The van der Waals surface area contributed by atoms with Gasteiger partial charge in [-0.2, -0.15) is 0 Å². The molecular formula is C23H31Cl3N4O. The third-order valence-corrected chi connectivity index (χ3v) is 6.28. The molecule has 0 radical (unpaired) electrons. The molecule has 0 aliphatic carbocycles. The molecule has 2 aromatic rings. The van der Waals surface area contributed by atoms with Crippen molar-refractivity contribution in [3.8, 4) is 0 Å². The summed E-state index contributed by atoms with van der Waals surface area (Å²) in [6.45, 7) is 8.62. The second-order valence-corrected chi connectivity index (χ2v) is 8.40. The van der Waals surface area contributed by atoms with Crippen molar-refractivity contribution in [1.29, 1.82) is 0 Å². The Hall–Kier alpha value is -1.66. The van der Waals surface area contributed by atoms with Gasteiger partial charge >= 0.3 is 6.03 Å². The highest BCUT2D eigenvalue weighted by Gasteiger charge is 2.22. The van der Waals surface area contributed by atoms with Crippen LogP contribution in [0.5, 0.6) is 0 Å². The third-order valence-electron chi connectivity index (χ3n) is 5.89. The predicted octanol–water partition coefficient (Wildman–Crippen LogP) is 4.86. The van der Waals surface area contributed by atoms with Crippen molar-refractivity contribution in [2.24, 2.45) is 0 Å². The number of carbonyl (C=O) groups is 1. The third kappa shape index (κ3) is 6.19. The van der Waals surface area contributed by atoms with Crippen LogP contribution in [0.25, 0.3) is 0 Å². The topological polar surface area (TPSA) is 38.8 Å². The van der Waals surface area contributed by atoms with Crippen LogP contribution in [0.3, 0.4) is 0 Å². The summed E-state index contributed by atoms with van der Waals surface area (Å²) < 4.78 is 0. The number of anilines is 2. The molecule has 1 atom stereocenters. The first-order valence-electron chi connectivity index (χ1n) is 10.4. The normalized spacial score (nSPS) is 17.9. The number of rotatable bonds is 5. The molecular weight excluding hydrogens is 455 g/mol. The number of nitrogens with zero attached hydrogens (tertiary/aromatic N) is 3. The molecule has 5 nitrogen and oxygen atoms in total. The average Bonchev–Trinajstić information content (AvgIpc) is 2.75. The zero-order chi connectivity index (χ0) is 20.2. The molecule has 2 amide bonds. The Labute approximate surface area is 202 Å². The van der Waals surface area contributed by atoms with E-state index >= 15 is 0 Å². The number of piperazine rings is 1. The van der Waals surface area contributed by atoms with Gasteiger partial charge in [-0.1, -0.05) is 30.3 Å². The van der Waals surface area contributed by atoms with Crippen molar-refractivity contribution in [2.45, 2.75) is 18.7 Å². The van der Waals surface area contributed by atoms with Crippen molar-refractivity contribution < 1.29 is 4.79 Å². The zero-order valence-electron chi connectivity index (χ0n) is 17.8. The molecule has 2 aliphatic heterocycles. The first-order valence-corrected chi connectivity index (χ1v) is 10.9. The Balaban J connectivity index is 0.00000171. The number of hydrogen-bond acceptors (Lipinski definition) is 3. The summed E-state index contributed by atoms with van der Waals surface area (Å²) in [7, 11) is 0. The SMILES string of the molecule is Cc1ccccc1N1CCN(CC(Cl)c2ccc(N3CCCNC3=O)cc2)CC1.Cl.Cl. The van der Waals surface area contributed by atoms with E-state index in [4.69, 9.17) is 11.6 Å². The Bertz CT molecular complexity index is 841. The Morgan fingerprint density at radius 2 is 1.65 bits per heavy atom. The lowest BCUT2D eigenvalue weighted by Gasteiger charge is -2.37. The van der Waals surface area contributed by atoms with Crippen molar-refractivity contribution in [2.75, 3.05) is 55.6 Å². The monoisotopic (exact) mass is 484 g/mol. The minimum atomic E-state index is -0.0516. The van der Waals surface area contributed by atoms with Crippen molar-refractivity contribution >= 4 is 53.8 Å². The highest BCUT2D eigenvalue weighted by molar-refractivity contribution is 6.21. The van der Waals surface area contributed by atoms with E-state index < -0.39 is 0 Å². The molecule has 2 heterocycles. The summed E-state index contributed by atoms with van der Waals surface area (Å²) in [6, 6.07) is 16.7. The van der Waals surface area contributed by atoms with Gasteiger partial charge in [-0.15, -0.1) is 36.4 Å². The smallest absolute Gasteiger partial charge is 0.321 e. The molecule has 170 valence electrons. The van der Waals surface area contributed by atoms with Crippen LogP contribution in [-0.4, -0.2) is 56.7 Å². The maximum atomic E-state index is 12.0. The van der Waals surface area contributed by atoms with Gasteiger partial charge in [0.1, 0.15) is 0 Å². The second-order valence-electron chi connectivity index (χ2n) is 7.87. The molecule has 1 N–H and O–H groups in total. The van der Waals surface area contributed by atoms with Gasteiger partial charge in [0.25, 0.3) is 0 Å². The van der Waals surface area contributed by atoms with Gasteiger partial charge < -0.3 is 10.2 Å². The molecule has 0 spiro atoms. The van der Waals surface area contributed by atoms with Crippen LogP contribution in [-0.2, 0) is 0 Å². The summed E-state index contributed by atoms with van der Waals surface area (Å²) in [5.41, 5.74) is 4.71. The lowest BCUT2D eigenvalue weighted by atomic mass is 10.1. The highest BCUT2D eigenvalue weighted by atomic mass is 35.5. The maximum absolute atomic E-state index is 12.0. The molecule has 1 unspecified atom stereocenters. The van der Waals surface area contributed by atoms with E-state index in [0.717, 1.165) is 63.5 Å². The molecule has 2 saturated heterocycles. The van der Waals surface area contributed by atoms with Crippen molar-refractivity contribution in [3.05, 3.63) is 59.7 Å². The van der Waals surface area contributed by atoms with Crippen LogP contribution in [0.4, 0.5) is 16.2 Å². The molecule has 2 aromatic carbocycles. The Morgan fingerprint density at radius 1 is 0.968 bits per heavy atom. The molecule has 2 fully saturated rings. The van der Waals surface area contributed by atoms with E-state index in [1.54, 1.807) is 4.90 Å². The van der Waals surface area contributed by atoms with Gasteiger partial charge in [-0.05, 0) is 42.7 Å². The van der Waals surface area contributed by atoms with Crippen LogP contribution < -0.4 is 15.1 Å². The van der Waals surface area contributed by atoms with Crippen LogP contribution in [0.2, 0.25) is 0 Å². The number of nitrogens with one attached hydrogen (secondary N) is 1. The summed E-state index contributed by atoms with van der Waals surface area (Å²) in [5, 5.41) is 2.84. The summed E-state index contributed by atoms with van der Waals surface area (Å²) in [4.78, 5) is 18.7. The van der Waals surface area contributed by atoms with E-state index in [0.29, 0.717) is 0 Å². The zero-order valence-corrected chi connectivity index (χ0v) is 20.2. The largest absolute Gasteiger partial charge is 0.369 e. The fraction of sp³-hybridized carbons (Fsp3) is 0.435. The summed E-state index contributed by atoms with van der Waals surface area (Å²) >= 11 is 6.74. The second kappa shape index (κ2) is 11.8. The van der Waals surface area contributed by atoms with Gasteiger partial charge in [0.15, 0.2) is 0 Å².